The van der Waals surface area contributed by atoms with E-state index < -0.39 is 40.2 Å². The fourth-order valence-corrected chi connectivity index (χ4v) is 4.77. The van der Waals surface area contributed by atoms with Gasteiger partial charge in [0.15, 0.2) is 0 Å². The second-order valence-corrected chi connectivity index (χ2v) is 10.8. The zero-order valence-corrected chi connectivity index (χ0v) is 21.7. The lowest BCUT2D eigenvalue weighted by molar-refractivity contribution is -0.140. The number of hydrogen-bond donors (Lipinski definition) is 1. The Hall–Kier alpha value is -2.36. The first-order valence-electron chi connectivity index (χ1n) is 10.6. The number of amides is 2. The Labute approximate surface area is 209 Å². The van der Waals surface area contributed by atoms with Crippen LogP contribution in [0.1, 0.15) is 32.8 Å². The van der Waals surface area contributed by atoms with Crippen LogP contribution in [0.4, 0.5) is 10.1 Å². The maximum absolute atomic E-state index is 14.4. The summed E-state index contributed by atoms with van der Waals surface area (Å²) < 4.78 is 40.1. The van der Waals surface area contributed by atoms with Gasteiger partial charge in [-0.25, -0.2) is 12.8 Å². The quantitative estimate of drug-likeness (QED) is 0.496. The van der Waals surface area contributed by atoms with Crippen molar-refractivity contribution in [1.29, 1.82) is 0 Å². The molecule has 0 aliphatic carbocycles. The molecule has 0 saturated heterocycles. The van der Waals surface area contributed by atoms with E-state index in [-0.39, 0.29) is 24.7 Å². The van der Waals surface area contributed by atoms with E-state index in [1.54, 1.807) is 39.0 Å². The number of carbonyl (C=O) groups excluding carboxylic acids is 2. The van der Waals surface area contributed by atoms with Gasteiger partial charge in [0.25, 0.3) is 0 Å². The third-order valence-corrected chi connectivity index (χ3v) is 6.84. The summed E-state index contributed by atoms with van der Waals surface area (Å²) in [6.07, 6.45) is 1.12. The topological polar surface area (TPSA) is 86.8 Å². The molecule has 2 amide bonds. The first-order chi connectivity index (χ1) is 15.9. The van der Waals surface area contributed by atoms with Crippen molar-refractivity contribution in [2.75, 3.05) is 17.1 Å². The average molecular weight is 532 g/mol. The van der Waals surface area contributed by atoms with Crippen molar-refractivity contribution in [2.24, 2.45) is 0 Å². The van der Waals surface area contributed by atoms with E-state index in [4.69, 9.17) is 23.2 Å². The van der Waals surface area contributed by atoms with Gasteiger partial charge in [0, 0.05) is 28.2 Å². The summed E-state index contributed by atoms with van der Waals surface area (Å²) in [6.45, 7) is 4.43. The number of nitrogens with zero attached hydrogens (tertiary/aromatic N) is 2. The molecule has 186 valence electrons. The predicted octanol–water partition coefficient (Wildman–Crippen LogP) is 4.23. The standard InChI is InChI=1S/C23H28Cl2FN3O4S/c1-5-20(23(31)27-15(2)3)28(13-16-17(24)9-8-10-18(16)25)22(30)14-29(34(4,32)33)21-12-7-6-11-19(21)26/h6-12,15,20H,5,13-14H2,1-4H3,(H,27,31)/t20-/m1/s1. The maximum atomic E-state index is 14.4. The number of anilines is 1. The van der Waals surface area contributed by atoms with Crippen LogP contribution < -0.4 is 9.62 Å². The molecular weight excluding hydrogens is 504 g/mol. The number of carbonyl (C=O) groups is 2. The van der Waals surface area contributed by atoms with Crippen molar-refractivity contribution >= 4 is 50.7 Å². The minimum absolute atomic E-state index is 0.143. The third-order valence-electron chi connectivity index (χ3n) is 5.01. The minimum Gasteiger partial charge on any atom is -0.352 e. The van der Waals surface area contributed by atoms with E-state index in [0.29, 0.717) is 19.9 Å². The highest BCUT2D eigenvalue weighted by atomic mass is 35.5. The van der Waals surface area contributed by atoms with Gasteiger partial charge in [0.05, 0.1) is 11.9 Å². The molecule has 0 heterocycles. The number of halogens is 3. The average Bonchev–Trinajstić information content (AvgIpc) is 2.73. The molecule has 11 heteroatoms. The van der Waals surface area contributed by atoms with Crippen molar-refractivity contribution in [2.45, 2.75) is 45.8 Å². The molecule has 0 aliphatic heterocycles. The van der Waals surface area contributed by atoms with Gasteiger partial charge < -0.3 is 10.2 Å². The van der Waals surface area contributed by atoms with Gasteiger partial charge in [0.2, 0.25) is 21.8 Å². The van der Waals surface area contributed by atoms with Crippen LogP contribution in [0.15, 0.2) is 42.5 Å². The molecule has 34 heavy (non-hydrogen) atoms. The summed E-state index contributed by atoms with van der Waals surface area (Å²) in [6, 6.07) is 8.96. The Morgan fingerprint density at radius 3 is 2.15 bits per heavy atom. The molecule has 0 spiro atoms. The molecule has 0 radical (unpaired) electrons. The second-order valence-electron chi connectivity index (χ2n) is 8.03. The van der Waals surface area contributed by atoms with Gasteiger partial charge in [-0.3, -0.25) is 13.9 Å². The smallest absolute Gasteiger partial charge is 0.244 e. The molecule has 2 aromatic rings. The molecule has 1 atom stereocenters. The van der Waals surface area contributed by atoms with Crippen molar-refractivity contribution in [3.8, 4) is 0 Å². The normalized spacial score (nSPS) is 12.4. The Bertz CT molecular complexity index is 1120. The molecule has 0 fully saturated rings. The van der Waals surface area contributed by atoms with Crippen molar-refractivity contribution in [1.82, 2.24) is 10.2 Å². The van der Waals surface area contributed by atoms with E-state index in [2.05, 4.69) is 5.32 Å². The highest BCUT2D eigenvalue weighted by Gasteiger charge is 2.33. The number of sulfonamides is 1. The number of rotatable bonds is 10. The van der Waals surface area contributed by atoms with Crippen molar-refractivity contribution < 1.29 is 22.4 Å². The van der Waals surface area contributed by atoms with Crippen molar-refractivity contribution in [3.05, 3.63) is 63.9 Å². The van der Waals surface area contributed by atoms with E-state index in [9.17, 15) is 22.4 Å². The summed E-state index contributed by atoms with van der Waals surface area (Å²) in [5.41, 5.74) is 0.139. The Morgan fingerprint density at radius 2 is 1.65 bits per heavy atom. The van der Waals surface area contributed by atoms with Crippen LogP contribution in [-0.4, -0.2) is 50.0 Å². The molecule has 0 aliphatic rings. The SMILES string of the molecule is CC[C@H](C(=O)NC(C)C)N(Cc1c(Cl)cccc1Cl)C(=O)CN(c1ccccc1F)S(C)(=O)=O. The lowest BCUT2D eigenvalue weighted by Gasteiger charge is -2.33. The molecular formula is C23H28Cl2FN3O4S. The maximum Gasteiger partial charge on any atom is 0.244 e. The molecule has 7 nitrogen and oxygen atoms in total. The number of hydrogen-bond acceptors (Lipinski definition) is 4. The van der Waals surface area contributed by atoms with Gasteiger partial charge in [-0.15, -0.1) is 0 Å². The van der Waals surface area contributed by atoms with E-state index in [0.717, 1.165) is 12.3 Å². The monoisotopic (exact) mass is 531 g/mol. The molecule has 2 rings (SSSR count). The number of nitrogens with one attached hydrogen (secondary N) is 1. The lowest BCUT2D eigenvalue weighted by Crippen LogP contribution is -2.53. The van der Waals surface area contributed by atoms with Gasteiger partial charge in [-0.1, -0.05) is 48.3 Å². The Balaban J connectivity index is 2.52. The zero-order valence-electron chi connectivity index (χ0n) is 19.4. The van der Waals surface area contributed by atoms with Crippen LogP contribution in [-0.2, 0) is 26.2 Å². The van der Waals surface area contributed by atoms with Gasteiger partial charge in [-0.2, -0.15) is 0 Å². The Morgan fingerprint density at radius 1 is 1.06 bits per heavy atom. The van der Waals surface area contributed by atoms with Crippen LogP contribution in [0.3, 0.4) is 0 Å². The van der Waals surface area contributed by atoms with Crippen LogP contribution in [0.5, 0.6) is 0 Å². The number of para-hydroxylation sites is 1. The van der Waals surface area contributed by atoms with Crippen LogP contribution in [0, 0.1) is 5.82 Å². The minimum atomic E-state index is -4.04. The summed E-state index contributed by atoms with van der Waals surface area (Å²) in [5.74, 6) is -1.92. The fraction of sp³-hybridized carbons (Fsp3) is 0.391. The first kappa shape index (κ1) is 27.9. The highest BCUT2D eigenvalue weighted by Crippen LogP contribution is 2.28. The summed E-state index contributed by atoms with van der Waals surface area (Å²) in [7, 11) is -4.04. The molecule has 0 aromatic heterocycles. The van der Waals surface area contributed by atoms with Gasteiger partial charge in [-0.05, 0) is 44.5 Å². The van der Waals surface area contributed by atoms with Crippen molar-refractivity contribution in [3.63, 3.8) is 0 Å². The summed E-state index contributed by atoms with van der Waals surface area (Å²) in [4.78, 5) is 27.7. The van der Waals surface area contributed by atoms with Crippen LogP contribution in [0.25, 0.3) is 0 Å². The molecule has 0 bridgehead atoms. The second kappa shape index (κ2) is 11.9. The van der Waals surface area contributed by atoms with E-state index in [1.165, 1.54) is 23.1 Å². The van der Waals surface area contributed by atoms with Gasteiger partial charge >= 0.3 is 0 Å². The molecule has 1 N–H and O–H groups in total. The van der Waals surface area contributed by atoms with Crippen LogP contribution in [0.2, 0.25) is 10.0 Å². The summed E-state index contributed by atoms with van der Waals surface area (Å²) in [5, 5.41) is 3.36. The zero-order chi connectivity index (χ0) is 25.6. The summed E-state index contributed by atoms with van der Waals surface area (Å²) >= 11 is 12.6. The highest BCUT2D eigenvalue weighted by molar-refractivity contribution is 7.92. The molecule has 2 aromatic carbocycles. The first-order valence-corrected chi connectivity index (χ1v) is 13.2. The predicted molar refractivity (Wildman–Crippen MR) is 133 cm³/mol. The van der Waals surface area contributed by atoms with E-state index >= 15 is 0 Å². The fourth-order valence-electron chi connectivity index (χ4n) is 3.40. The lowest BCUT2D eigenvalue weighted by atomic mass is 10.1. The van der Waals surface area contributed by atoms with E-state index in [1.807, 2.05) is 0 Å². The molecule has 0 unspecified atom stereocenters. The van der Waals surface area contributed by atoms with Gasteiger partial charge in [0.1, 0.15) is 18.4 Å². The number of benzene rings is 2. The molecule has 0 saturated carbocycles. The Kier molecular flexibility index (Phi) is 9.73. The largest absolute Gasteiger partial charge is 0.352 e. The van der Waals surface area contributed by atoms with Crippen LogP contribution >= 0.6 is 23.2 Å². The third kappa shape index (κ3) is 7.07.